The van der Waals surface area contributed by atoms with Gasteiger partial charge in [-0.2, -0.15) is 0 Å². The highest BCUT2D eigenvalue weighted by atomic mass is 79.9. The molecule has 19 heavy (non-hydrogen) atoms. The quantitative estimate of drug-likeness (QED) is 0.906. The molecule has 0 spiro atoms. The van der Waals surface area contributed by atoms with Crippen molar-refractivity contribution in [1.82, 2.24) is 9.97 Å². The second-order valence-electron chi connectivity index (χ2n) is 4.03. The number of aromatic amines is 1. The van der Waals surface area contributed by atoms with Gasteiger partial charge in [-0.1, -0.05) is 34.1 Å². The Labute approximate surface area is 117 Å². The Balaban J connectivity index is 2.55. The molecule has 0 radical (unpaired) electrons. The van der Waals surface area contributed by atoms with E-state index in [0.29, 0.717) is 11.5 Å². The van der Waals surface area contributed by atoms with Gasteiger partial charge in [0.05, 0.1) is 6.42 Å². The molecule has 1 heterocycles. The van der Waals surface area contributed by atoms with E-state index in [4.69, 9.17) is 5.11 Å². The molecule has 0 saturated carbocycles. The van der Waals surface area contributed by atoms with Crippen LogP contribution in [0.25, 0.3) is 11.4 Å². The second kappa shape index (κ2) is 5.36. The summed E-state index contributed by atoms with van der Waals surface area (Å²) in [7, 11) is 0. The van der Waals surface area contributed by atoms with Crippen molar-refractivity contribution in [2.75, 3.05) is 0 Å². The molecule has 2 rings (SSSR count). The number of aryl methyl sites for hydroxylation is 1. The van der Waals surface area contributed by atoms with Gasteiger partial charge >= 0.3 is 5.97 Å². The van der Waals surface area contributed by atoms with Crippen LogP contribution in [0.1, 0.15) is 11.3 Å². The zero-order valence-electron chi connectivity index (χ0n) is 10.1. The lowest BCUT2D eigenvalue weighted by molar-refractivity contribution is -0.136. The van der Waals surface area contributed by atoms with Gasteiger partial charge in [0.15, 0.2) is 0 Å². The Hall–Kier alpha value is -1.95. The van der Waals surface area contributed by atoms with Gasteiger partial charge in [-0.05, 0) is 13.0 Å². The number of carbonyl (C=O) groups is 1. The largest absolute Gasteiger partial charge is 0.481 e. The summed E-state index contributed by atoms with van der Waals surface area (Å²) in [4.78, 5) is 29.5. The zero-order chi connectivity index (χ0) is 14.0. The summed E-state index contributed by atoms with van der Waals surface area (Å²) in [5.41, 5.74) is 0.949. The van der Waals surface area contributed by atoms with Crippen molar-refractivity contribution in [2.45, 2.75) is 13.3 Å². The number of halogens is 1. The van der Waals surface area contributed by atoms with Gasteiger partial charge in [-0.15, -0.1) is 0 Å². The van der Waals surface area contributed by atoms with Crippen LogP contribution >= 0.6 is 15.9 Å². The number of aromatic nitrogens is 2. The fourth-order valence-electron chi connectivity index (χ4n) is 1.75. The minimum atomic E-state index is -1.05. The van der Waals surface area contributed by atoms with Gasteiger partial charge in [0.1, 0.15) is 5.82 Å². The van der Waals surface area contributed by atoms with Crippen LogP contribution in [0.15, 0.2) is 33.5 Å². The fourth-order valence-corrected chi connectivity index (χ4v) is 2.22. The number of nitrogens with one attached hydrogen (secondary N) is 1. The summed E-state index contributed by atoms with van der Waals surface area (Å²) >= 11 is 3.38. The van der Waals surface area contributed by atoms with Crippen molar-refractivity contribution in [2.24, 2.45) is 0 Å². The summed E-state index contributed by atoms with van der Waals surface area (Å²) in [5, 5.41) is 8.76. The summed E-state index contributed by atoms with van der Waals surface area (Å²) in [5.74, 6) is -0.631. The van der Waals surface area contributed by atoms with Gasteiger partial charge in [0.25, 0.3) is 5.56 Å². The highest BCUT2D eigenvalue weighted by molar-refractivity contribution is 9.10. The molecule has 98 valence electrons. The molecular weight excluding hydrogens is 312 g/mol. The molecule has 2 N–H and O–H groups in total. The number of nitrogens with zero attached hydrogens (tertiary/aromatic N) is 1. The predicted molar refractivity (Wildman–Crippen MR) is 74.1 cm³/mol. The Kier molecular flexibility index (Phi) is 3.80. The molecule has 0 saturated heterocycles. The van der Waals surface area contributed by atoms with E-state index >= 15 is 0 Å². The number of rotatable bonds is 3. The van der Waals surface area contributed by atoms with Crippen LogP contribution in [-0.4, -0.2) is 21.0 Å². The first-order valence-corrected chi connectivity index (χ1v) is 6.35. The van der Waals surface area contributed by atoms with Crippen LogP contribution in [0.2, 0.25) is 0 Å². The van der Waals surface area contributed by atoms with Crippen LogP contribution in [0.4, 0.5) is 0 Å². The van der Waals surface area contributed by atoms with E-state index in [0.717, 1.165) is 10.0 Å². The fraction of sp³-hybridized carbons (Fsp3) is 0.154. The number of hydrogen-bond acceptors (Lipinski definition) is 3. The maximum atomic E-state index is 11.9. The van der Waals surface area contributed by atoms with Crippen LogP contribution in [0.3, 0.4) is 0 Å². The number of carboxylic acid groups (broad SMARTS) is 1. The van der Waals surface area contributed by atoms with Gasteiger partial charge in [-0.25, -0.2) is 4.98 Å². The minimum absolute atomic E-state index is 0.184. The van der Waals surface area contributed by atoms with Crippen molar-refractivity contribution < 1.29 is 9.90 Å². The lowest BCUT2D eigenvalue weighted by atomic mass is 10.1. The number of carboxylic acids is 1. The van der Waals surface area contributed by atoms with E-state index in [1.807, 2.05) is 24.3 Å². The molecule has 0 amide bonds. The maximum absolute atomic E-state index is 11.9. The van der Waals surface area contributed by atoms with Gasteiger partial charge < -0.3 is 10.1 Å². The van der Waals surface area contributed by atoms with Crippen LogP contribution in [0.5, 0.6) is 0 Å². The monoisotopic (exact) mass is 322 g/mol. The second-order valence-corrected chi connectivity index (χ2v) is 4.88. The molecule has 0 aliphatic heterocycles. The average molecular weight is 323 g/mol. The number of H-pyrrole nitrogens is 1. The topological polar surface area (TPSA) is 83.0 Å². The Morgan fingerprint density at radius 2 is 2.11 bits per heavy atom. The van der Waals surface area contributed by atoms with Crippen molar-refractivity contribution in [3.05, 3.63) is 50.3 Å². The first kappa shape index (κ1) is 13.5. The van der Waals surface area contributed by atoms with E-state index in [2.05, 4.69) is 25.9 Å². The van der Waals surface area contributed by atoms with Crippen molar-refractivity contribution in [3.8, 4) is 11.4 Å². The van der Waals surface area contributed by atoms with Crippen molar-refractivity contribution >= 4 is 21.9 Å². The molecule has 1 aromatic carbocycles. The minimum Gasteiger partial charge on any atom is -0.481 e. The molecule has 5 nitrogen and oxygen atoms in total. The summed E-state index contributed by atoms with van der Waals surface area (Å²) < 4.78 is 0.809. The van der Waals surface area contributed by atoms with Gasteiger partial charge in [0.2, 0.25) is 0 Å². The number of hydrogen-bond donors (Lipinski definition) is 2. The highest BCUT2D eigenvalue weighted by Crippen LogP contribution is 2.24. The third kappa shape index (κ3) is 2.90. The summed E-state index contributed by atoms with van der Waals surface area (Å²) in [6.07, 6.45) is -0.329. The van der Waals surface area contributed by atoms with Crippen LogP contribution < -0.4 is 5.56 Å². The van der Waals surface area contributed by atoms with Gasteiger partial charge in [-0.3, -0.25) is 9.59 Å². The first-order valence-electron chi connectivity index (χ1n) is 5.55. The van der Waals surface area contributed by atoms with Crippen molar-refractivity contribution in [3.63, 3.8) is 0 Å². The molecule has 0 atom stereocenters. The Bertz CT molecular complexity index is 695. The van der Waals surface area contributed by atoms with Crippen LogP contribution in [-0.2, 0) is 11.2 Å². The lowest BCUT2D eigenvalue weighted by Gasteiger charge is -2.07. The molecular formula is C13H11BrN2O3. The molecule has 2 aromatic rings. The summed E-state index contributed by atoms with van der Waals surface area (Å²) in [6, 6.07) is 7.35. The molecule has 0 unspecified atom stereocenters. The third-order valence-corrected chi connectivity index (χ3v) is 3.37. The van der Waals surface area contributed by atoms with E-state index in [1.165, 1.54) is 0 Å². The van der Waals surface area contributed by atoms with Gasteiger partial charge in [0, 0.05) is 21.3 Å². The molecule has 6 heteroatoms. The number of aliphatic carboxylic acids is 1. The smallest absolute Gasteiger partial charge is 0.308 e. The first-order chi connectivity index (χ1) is 8.99. The average Bonchev–Trinajstić information content (AvgIpc) is 2.34. The number of benzene rings is 1. The van der Waals surface area contributed by atoms with E-state index in [-0.39, 0.29) is 12.0 Å². The standard InChI is InChI=1S/C13H11BrN2O3/c1-7-9(6-11(17)18)13(19)16-12(15-7)8-4-2-3-5-10(8)14/h2-5H,6H2,1H3,(H,17,18)(H,15,16,19). The molecule has 0 aliphatic rings. The van der Waals surface area contributed by atoms with E-state index in [1.54, 1.807) is 6.92 Å². The van der Waals surface area contributed by atoms with E-state index in [9.17, 15) is 9.59 Å². The molecule has 0 fully saturated rings. The van der Waals surface area contributed by atoms with E-state index < -0.39 is 11.5 Å². The molecule has 1 aromatic heterocycles. The SMILES string of the molecule is Cc1nc(-c2ccccc2Br)[nH]c(=O)c1CC(=O)O. The lowest BCUT2D eigenvalue weighted by Crippen LogP contribution is -2.20. The molecule has 0 aliphatic carbocycles. The zero-order valence-corrected chi connectivity index (χ0v) is 11.7. The van der Waals surface area contributed by atoms with Crippen molar-refractivity contribution in [1.29, 1.82) is 0 Å². The highest BCUT2D eigenvalue weighted by Gasteiger charge is 2.13. The summed E-state index contributed by atoms with van der Waals surface area (Å²) in [6.45, 7) is 1.63. The Morgan fingerprint density at radius 1 is 1.42 bits per heavy atom. The van der Waals surface area contributed by atoms with Crippen LogP contribution in [0, 0.1) is 6.92 Å². The predicted octanol–water partition coefficient (Wildman–Crippen LogP) is 2.13. The third-order valence-electron chi connectivity index (χ3n) is 2.68. The normalized spacial score (nSPS) is 10.4. The maximum Gasteiger partial charge on any atom is 0.308 e. The Morgan fingerprint density at radius 3 is 2.68 bits per heavy atom. The molecule has 0 bridgehead atoms.